The van der Waals surface area contributed by atoms with Crippen LogP contribution in [0.2, 0.25) is 18.1 Å². The maximum Gasteiger partial charge on any atom is 0.225 e. The van der Waals surface area contributed by atoms with Gasteiger partial charge in [0.05, 0.1) is 12.5 Å². The molecule has 0 bridgehead atoms. The van der Waals surface area contributed by atoms with Crippen LogP contribution < -0.4 is 5.73 Å². The van der Waals surface area contributed by atoms with E-state index in [-0.39, 0.29) is 17.0 Å². The molecule has 18 heavy (non-hydrogen) atoms. The Morgan fingerprint density at radius 3 is 2.50 bits per heavy atom. The predicted octanol–water partition coefficient (Wildman–Crippen LogP) is 1.96. The molecule has 0 aromatic carbocycles. The predicted molar refractivity (Wildman–Crippen MR) is 76.9 cm³/mol. The number of likely N-dealkylation sites (tertiary alicyclic amines) is 1. The van der Waals surface area contributed by atoms with Crippen LogP contribution in [0.3, 0.4) is 0 Å². The summed E-state index contributed by atoms with van der Waals surface area (Å²) in [6.45, 7) is 13.2. The minimum atomic E-state index is -1.76. The number of nitrogens with zero attached hydrogens (tertiary/aromatic N) is 1. The smallest absolute Gasteiger partial charge is 0.225 e. The molecule has 1 saturated heterocycles. The number of carbonyl (C=O) groups excluding carboxylic acids is 1. The van der Waals surface area contributed by atoms with Crippen molar-refractivity contribution in [3.05, 3.63) is 0 Å². The second kappa shape index (κ2) is 5.71. The summed E-state index contributed by atoms with van der Waals surface area (Å²) in [6.07, 6.45) is 1.57. The second-order valence-electron chi connectivity index (χ2n) is 6.66. The highest BCUT2D eigenvalue weighted by molar-refractivity contribution is 6.74. The van der Waals surface area contributed by atoms with Gasteiger partial charge in [0.1, 0.15) is 0 Å². The molecule has 2 N–H and O–H groups in total. The number of nitrogens with two attached hydrogens (primary N) is 1. The van der Waals surface area contributed by atoms with Crippen molar-refractivity contribution in [2.75, 3.05) is 19.6 Å². The van der Waals surface area contributed by atoms with Gasteiger partial charge in [-0.25, -0.2) is 0 Å². The van der Waals surface area contributed by atoms with E-state index < -0.39 is 8.32 Å². The summed E-state index contributed by atoms with van der Waals surface area (Å²) in [4.78, 5) is 13.8. The first-order chi connectivity index (χ1) is 8.17. The van der Waals surface area contributed by atoms with E-state index >= 15 is 0 Å². The molecule has 0 unspecified atom stereocenters. The zero-order valence-electron chi connectivity index (χ0n) is 12.5. The molecule has 1 fully saturated rings. The number of amides is 1. The van der Waals surface area contributed by atoms with E-state index in [0.29, 0.717) is 19.5 Å². The first-order valence-corrected chi connectivity index (χ1v) is 9.74. The molecular formula is C13H28N2O2Si. The van der Waals surface area contributed by atoms with Crippen LogP contribution in [0, 0.1) is 0 Å². The van der Waals surface area contributed by atoms with Crippen molar-refractivity contribution < 1.29 is 9.22 Å². The van der Waals surface area contributed by atoms with E-state index in [1.807, 2.05) is 4.90 Å². The van der Waals surface area contributed by atoms with Gasteiger partial charge in [-0.15, -0.1) is 0 Å². The number of hydrogen-bond acceptors (Lipinski definition) is 3. The molecule has 1 heterocycles. The standard InChI is InChI=1S/C13H28N2O2Si/c1-13(2,3)18(4,5)17-11-6-8-15(9-7-14)12(16)10-11/h11H,6-10,14H2,1-5H3/t11-/m0/s1. The van der Waals surface area contributed by atoms with Gasteiger partial charge >= 0.3 is 0 Å². The van der Waals surface area contributed by atoms with Gasteiger partial charge in [0, 0.05) is 19.6 Å². The zero-order chi connectivity index (χ0) is 14.0. The van der Waals surface area contributed by atoms with E-state index in [9.17, 15) is 4.79 Å². The summed E-state index contributed by atoms with van der Waals surface area (Å²) in [5, 5.41) is 0.199. The van der Waals surface area contributed by atoms with Crippen molar-refractivity contribution in [3.63, 3.8) is 0 Å². The van der Waals surface area contributed by atoms with Crippen molar-refractivity contribution in [2.45, 2.75) is 57.8 Å². The van der Waals surface area contributed by atoms with Gasteiger partial charge in [0.2, 0.25) is 5.91 Å². The highest BCUT2D eigenvalue weighted by atomic mass is 28.4. The SMILES string of the molecule is CC(C)(C)[Si](C)(C)O[C@H]1CCN(CCN)C(=O)C1. The van der Waals surface area contributed by atoms with Crippen LogP contribution in [0.5, 0.6) is 0 Å². The summed E-state index contributed by atoms with van der Waals surface area (Å²) >= 11 is 0. The van der Waals surface area contributed by atoms with Gasteiger partial charge < -0.3 is 15.1 Å². The van der Waals surface area contributed by atoms with Crippen LogP contribution in [0.1, 0.15) is 33.6 Å². The fourth-order valence-corrected chi connectivity index (χ4v) is 3.32. The average molecular weight is 272 g/mol. The fraction of sp³-hybridized carbons (Fsp3) is 0.923. The van der Waals surface area contributed by atoms with E-state index in [2.05, 4.69) is 33.9 Å². The highest BCUT2D eigenvalue weighted by Gasteiger charge is 2.40. The Morgan fingerprint density at radius 1 is 1.44 bits per heavy atom. The molecule has 0 spiro atoms. The topological polar surface area (TPSA) is 55.6 Å². The second-order valence-corrected chi connectivity index (χ2v) is 11.4. The van der Waals surface area contributed by atoms with Gasteiger partial charge in [0.25, 0.3) is 0 Å². The molecule has 0 radical (unpaired) electrons. The highest BCUT2D eigenvalue weighted by Crippen LogP contribution is 2.38. The lowest BCUT2D eigenvalue weighted by atomic mass is 10.1. The Balaban J connectivity index is 2.55. The van der Waals surface area contributed by atoms with Crippen LogP contribution in [0.4, 0.5) is 0 Å². The molecular weight excluding hydrogens is 244 g/mol. The van der Waals surface area contributed by atoms with Crippen molar-refractivity contribution in [3.8, 4) is 0 Å². The van der Waals surface area contributed by atoms with Crippen LogP contribution in [-0.4, -0.2) is 44.9 Å². The molecule has 1 aliphatic heterocycles. The van der Waals surface area contributed by atoms with Gasteiger partial charge in [-0.2, -0.15) is 0 Å². The van der Waals surface area contributed by atoms with Crippen LogP contribution in [0.15, 0.2) is 0 Å². The number of rotatable bonds is 4. The zero-order valence-corrected chi connectivity index (χ0v) is 13.5. The van der Waals surface area contributed by atoms with Gasteiger partial charge in [-0.3, -0.25) is 4.79 Å². The molecule has 0 aliphatic carbocycles. The minimum Gasteiger partial charge on any atom is -0.413 e. The molecule has 5 heteroatoms. The van der Waals surface area contributed by atoms with E-state index in [4.69, 9.17) is 10.2 Å². The summed E-state index contributed by atoms with van der Waals surface area (Å²) in [5.74, 6) is 0.190. The largest absolute Gasteiger partial charge is 0.413 e. The normalized spacial score (nSPS) is 22.4. The Morgan fingerprint density at radius 2 is 2.06 bits per heavy atom. The van der Waals surface area contributed by atoms with E-state index in [1.54, 1.807) is 0 Å². The van der Waals surface area contributed by atoms with E-state index in [1.165, 1.54) is 0 Å². The maximum absolute atomic E-state index is 11.9. The lowest BCUT2D eigenvalue weighted by Crippen LogP contribution is -2.49. The Labute approximate surface area is 112 Å². The summed E-state index contributed by atoms with van der Waals surface area (Å²) in [6, 6.07) is 0. The van der Waals surface area contributed by atoms with Gasteiger partial charge in [-0.1, -0.05) is 20.8 Å². The first kappa shape index (κ1) is 15.7. The molecule has 4 nitrogen and oxygen atoms in total. The van der Waals surface area contributed by atoms with Crippen LogP contribution >= 0.6 is 0 Å². The minimum absolute atomic E-state index is 0.104. The number of piperidine rings is 1. The molecule has 0 saturated carbocycles. The molecule has 106 valence electrons. The third-order valence-corrected chi connectivity index (χ3v) is 8.68. The third-order valence-electron chi connectivity index (χ3n) is 4.14. The molecule has 1 atom stereocenters. The van der Waals surface area contributed by atoms with Crippen LogP contribution in [-0.2, 0) is 9.22 Å². The molecule has 0 aromatic rings. The van der Waals surface area contributed by atoms with Gasteiger partial charge in [0.15, 0.2) is 8.32 Å². The van der Waals surface area contributed by atoms with Crippen molar-refractivity contribution in [1.82, 2.24) is 4.90 Å². The molecule has 1 rings (SSSR count). The molecule has 1 aliphatic rings. The summed E-state index contributed by atoms with van der Waals surface area (Å²) in [7, 11) is -1.76. The first-order valence-electron chi connectivity index (χ1n) is 6.83. The van der Waals surface area contributed by atoms with E-state index in [0.717, 1.165) is 13.0 Å². The summed E-state index contributed by atoms with van der Waals surface area (Å²) < 4.78 is 6.30. The summed E-state index contributed by atoms with van der Waals surface area (Å²) in [5.41, 5.74) is 5.50. The number of hydrogen-bond donors (Lipinski definition) is 1. The third kappa shape index (κ3) is 3.80. The van der Waals surface area contributed by atoms with Crippen molar-refractivity contribution >= 4 is 14.2 Å². The molecule has 0 aromatic heterocycles. The van der Waals surface area contributed by atoms with Gasteiger partial charge in [-0.05, 0) is 24.6 Å². The Kier molecular flexibility index (Phi) is 4.97. The lowest BCUT2D eigenvalue weighted by Gasteiger charge is -2.41. The van der Waals surface area contributed by atoms with Crippen LogP contribution in [0.25, 0.3) is 0 Å². The lowest BCUT2D eigenvalue weighted by molar-refractivity contribution is -0.136. The average Bonchev–Trinajstić information content (AvgIpc) is 2.20. The maximum atomic E-state index is 11.9. The Bertz CT molecular complexity index is 300. The quantitative estimate of drug-likeness (QED) is 0.796. The monoisotopic (exact) mass is 272 g/mol. The van der Waals surface area contributed by atoms with Crippen molar-refractivity contribution in [2.24, 2.45) is 5.73 Å². The van der Waals surface area contributed by atoms with Crippen molar-refractivity contribution in [1.29, 1.82) is 0 Å². The number of carbonyl (C=O) groups is 1. The fourth-order valence-electron chi connectivity index (χ4n) is 1.94. The Hall–Kier alpha value is -0.393. The molecule has 1 amide bonds.